The molecule has 1 aliphatic carbocycles. The van der Waals surface area contributed by atoms with Crippen molar-refractivity contribution in [1.29, 1.82) is 0 Å². The number of nitrogens with zero attached hydrogens (tertiary/aromatic N) is 2. The summed E-state index contributed by atoms with van der Waals surface area (Å²) in [5.74, 6) is 3.27. The average Bonchev–Trinajstić information content (AvgIpc) is 3.54. The third kappa shape index (κ3) is 3.25. The summed E-state index contributed by atoms with van der Waals surface area (Å²) in [6, 6.07) is 12.0. The lowest BCUT2D eigenvalue weighted by Crippen LogP contribution is -2.33. The number of hydrogen-bond donors (Lipinski definition) is 4. The van der Waals surface area contributed by atoms with Gasteiger partial charge in [0.15, 0.2) is 12.1 Å². The maximum absolute atomic E-state index is 6.38. The van der Waals surface area contributed by atoms with Crippen molar-refractivity contribution in [1.82, 2.24) is 0 Å². The molecule has 5 rings (SSSR count). The standard InChI is InChI=1S/C21H24N6O2/c1-28-17-4-2-3-12-18(17)25-21(23)27-20(12)26-19(22)14-10-13(14)11-5-6-16-15(9-11)24-7-8-29-16/h2-6,9,13-14,21,24-25H,7-8,10,23H2,1H3,(H2,22,26,27). The molecule has 3 atom stereocenters. The number of hydrogen-bond acceptors (Lipinski definition) is 7. The van der Waals surface area contributed by atoms with Gasteiger partial charge in [-0.15, -0.1) is 0 Å². The zero-order chi connectivity index (χ0) is 20.0. The molecule has 2 heterocycles. The van der Waals surface area contributed by atoms with Crippen molar-refractivity contribution in [3.05, 3.63) is 47.5 Å². The van der Waals surface area contributed by atoms with E-state index in [1.807, 2.05) is 24.3 Å². The summed E-state index contributed by atoms with van der Waals surface area (Å²) in [6.07, 6.45) is 0.379. The van der Waals surface area contributed by atoms with Gasteiger partial charge in [0, 0.05) is 18.0 Å². The van der Waals surface area contributed by atoms with E-state index in [2.05, 4.69) is 32.8 Å². The largest absolute Gasteiger partial charge is 0.495 e. The minimum absolute atomic E-state index is 0.195. The number of fused-ring (bicyclic) bond motifs is 2. The van der Waals surface area contributed by atoms with Crippen LogP contribution in [0.15, 0.2) is 46.4 Å². The van der Waals surface area contributed by atoms with Crippen molar-refractivity contribution in [3.8, 4) is 11.5 Å². The number of para-hydroxylation sites is 1. The summed E-state index contributed by atoms with van der Waals surface area (Å²) in [7, 11) is 1.62. The van der Waals surface area contributed by atoms with Gasteiger partial charge in [-0.1, -0.05) is 12.1 Å². The molecule has 0 spiro atoms. The van der Waals surface area contributed by atoms with E-state index < -0.39 is 6.29 Å². The van der Waals surface area contributed by atoms with Crippen LogP contribution in [0.1, 0.15) is 23.5 Å². The Morgan fingerprint density at radius 2 is 2.21 bits per heavy atom. The molecular formula is C21H24N6O2. The molecule has 1 saturated carbocycles. The summed E-state index contributed by atoms with van der Waals surface area (Å²) < 4.78 is 11.1. The summed E-state index contributed by atoms with van der Waals surface area (Å²) in [4.78, 5) is 9.10. The lowest BCUT2D eigenvalue weighted by atomic mass is 10.1. The number of amidine groups is 2. The number of nitrogens with two attached hydrogens (primary N) is 2. The second-order valence-electron chi connectivity index (χ2n) is 7.44. The van der Waals surface area contributed by atoms with Crippen molar-refractivity contribution in [2.75, 3.05) is 30.9 Å². The highest BCUT2D eigenvalue weighted by atomic mass is 16.5. The number of benzene rings is 2. The molecule has 1 fully saturated rings. The predicted molar refractivity (Wildman–Crippen MR) is 114 cm³/mol. The molecule has 3 aliphatic rings. The van der Waals surface area contributed by atoms with Gasteiger partial charge in [-0.3, -0.25) is 5.73 Å². The van der Waals surface area contributed by atoms with Gasteiger partial charge < -0.3 is 25.8 Å². The quantitative estimate of drug-likeness (QED) is 0.469. The predicted octanol–water partition coefficient (Wildman–Crippen LogP) is 2.07. The van der Waals surface area contributed by atoms with E-state index in [0.29, 0.717) is 29.9 Å². The van der Waals surface area contributed by atoms with Crippen LogP contribution < -0.4 is 31.6 Å². The van der Waals surface area contributed by atoms with Gasteiger partial charge in [-0.2, -0.15) is 0 Å². The lowest BCUT2D eigenvalue weighted by Gasteiger charge is -2.23. The lowest BCUT2D eigenvalue weighted by molar-refractivity contribution is 0.323. The van der Waals surface area contributed by atoms with Crippen LogP contribution >= 0.6 is 0 Å². The Morgan fingerprint density at radius 1 is 1.31 bits per heavy atom. The smallest absolute Gasteiger partial charge is 0.173 e. The minimum Gasteiger partial charge on any atom is -0.495 e. The number of ether oxygens (including phenoxy) is 2. The molecule has 0 saturated heterocycles. The molecule has 6 N–H and O–H groups in total. The van der Waals surface area contributed by atoms with Gasteiger partial charge in [-0.05, 0) is 42.2 Å². The molecule has 2 aromatic carbocycles. The fourth-order valence-corrected chi connectivity index (χ4v) is 3.99. The second kappa shape index (κ2) is 6.97. The van der Waals surface area contributed by atoms with Gasteiger partial charge >= 0.3 is 0 Å². The first-order valence-electron chi connectivity index (χ1n) is 9.76. The molecule has 2 aliphatic heterocycles. The number of rotatable bonds is 3. The van der Waals surface area contributed by atoms with E-state index in [1.54, 1.807) is 7.11 Å². The molecule has 29 heavy (non-hydrogen) atoms. The Kier molecular flexibility index (Phi) is 4.28. The van der Waals surface area contributed by atoms with Crippen LogP contribution in [0, 0.1) is 5.92 Å². The van der Waals surface area contributed by atoms with Crippen LogP contribution in [-0.2, 0) is 0 Å². The Labute approximate surface area is 169 Å². The van der Waals surface area contributed by atoms with Crippen molar-refractivity contribution in [2.45, 2.75) is 18.6 Å². The van der Waals surface area contributed by atoms with E-state index in [4.69, 9.17) is 20.9 Å². The van der Waals surface area contributed by atoms with Crippen LogP contribution in [0.25, 0.3) is 0 Å². The van der Waals surface area contributed by atoms with E-state index in [-0.39, 0.29) is 5.92 Å². The fraction of sp³-hybridized carbons (Fsp3) is 0.333. The third-order valence-corrected chi connectivity index (χ3v) is 5.55. The first-order chi connectivity index (χ1) is 14.1. The SMILES string of the molecule is COc1cccc2c1NC(N)N=C2N=C(N)C1CC1c1ccc2c(c1)NCCO2. The molecule has 0 aromatic heterocycles. The van der Waals surface area contributed by atoms with Gasteiger partial charge in [0.2, 0.25) is 0 Å². The molecule has 0 amide bonds. The molecule has 0 radical (unpaired) electrons. The third-order valence-electron chi connectivity index (χ3n) is 5.55. The molecule has 2 aromatic rings. The summed E-state index contributed by atoms with van der Waals surface area (Å²) in [6.45, 7) is 1.52. The molecule has 8 nitrogen and oxygen atoms in total. The Hall–Kier alpha value is -3.26. The molecule has 3 unspecified atom stereocenters. The van der Waals surface area contributed by atoms with Crippen molar-refractivity contribution in [3.63, 3.8) is 0 Å². The highest BCUT2D eigenvalue weighted by molar-refractivity contribution is 6.11. The average molecular weight is 392 g/mol. The van der Waals surface area contributed by atoms with E-state index >= 15 is 0 Å². The zero-order valence-electron chi connectivity index (χ0n) is 16.2. The van der Waals surface area contributed by atoms with Crippen LogP contribution in [0.5, 0.6) is 11.5 Å². The summed E-state index contributed by atoms with van der Waals surface area (Å²) >= 11 is 0. The van der Waals surface area contributed by atoms with Gasteiger partial charge in [0.05, 0.1) is 18.5 Å². The van der Waals surface area contributed by atoms with Crippen LogP contribution in [0.4, 0.5) is 11.4 Å². The first kappa shape index (κ1) is 17.8. The van der Waals surface area contributed by atoms with E-state index in [9.17, 15) is 0 Å². The van der Waals surface area contributed by atoms with E-state index in [1.165, 1.54) is 5.56 Å². The Bertz CT molecular complexity index is 1020. The van der Waals surface area contributed by atoms with E-state index in [0.717, 1.165) is 35.7 Å². The maximum atomic E-state index is 6.38. The molecule has 8 heteroatoms. The second-order valence-corrected chi connectivity index (χ2v) is 7.44. The van der Waals surface area contributed by atoms with Gasteiger partial charge in [0.1, 0.15) is 23.9 Å². The Morgan fingerprint density at radius 3 is 3.07 bits per heavy atom. The van der Waals surface area contributed by atoms with Crippen molar-refractivity contribution < 1.29 is 9.47 Å². The van der Waals surface area contributed by atoms with Crippen LogP contribution in [0.2, 0.25) is 0 Å². The number of methoxy groups -OCH3 is 1. The highest BCUT2D eigenvalue weighted by Gasteiger charge is 2.42. The van der Waals surface area contributed by atoms with Gasteiger partial charge in [-0.25, -0.2) is 9.98 Å². The maximum Gasteiger partial charge on any atom is 0.173 e. The highest BCUT2D eigenvalue weighted by Crippen LogP contribution is 2.49. The summed E-state index contributed by atoms with van der Waals surface area (Å²) in [5, 5.41) is 6.51. The zero-order valence-corrected chi connectivity index (χ0v) is 16.2. The first-order valence-corrected chi connectivity index (χ1v) is 9.76. The number of nitrogens with one attached hydrogen (secondary N) is 2. The van der Waals surface area contributed by atoms with Crippen molar-refractivity contribution >= 4 is 23.0 Å². The van der Waals surface area contributed by atoms with Crippen LogP contribution in [-0.4, -0.2) is 38.2 Å². The number of aliphatic imine (C=N–C) groups is 2. The Balaban J connectivity index is 1.39. The molecular weight excluding hydrogens is 368 g/mol. The molecule has 0 bridgehead atoms. The van der Waals surface area contributed by atoms with Crippen molar-refractivity contribution in [2.24, 2.45) is 27.4 Å². The van der Waals surface area contributed by atoms with Gasteiger partial charge in [0.25, 0.3) is 0 Å². The minimum atomic E-state index is -0.591. The molecule has 150 valence electrons. The number of anilines is 2. The van der Waals surface area contributed by atoms with Crippen LogP contribution in [0.3, 0.4) is 0 Å². The topological polar surface area (TPSA) is 119 Å². The fourth-order valence-electron chi connectivity index (χ4n) is 3.99. The monoisotopic (exact) mass is 392 g/mol. The normalized spacial score (nSPS) is 24.8. The summed E-state index contributed by atoms with van der Waals surface area (Å²) in [5.41, 5.74) is 16.3.